The predicted octanol–water partition coefficient (Wildman–Crippen LogP) is 10.0. The third-order valence-corrected chi connectivity index (χ3v) is 7.51. The number of ether oxygens (including phenoxy) is 1. The van der Waals surface area contributed by atoms with E-state index in [1.54, 1.807) is 18.2 Å². The molecule has 1 aliphatic rings. The fraction of sp³-hybridized carbons (Fsp3) is 0.467. The number of benzene rings is 3. The topological polar surface area (TPSA) is 9.23 Å². The number of fused-ring (bicyclic) bond motifs is 1. The molecular formula is C30H33F5O. The molecule has 3 aromatic carbocycles. The van der Waals surface area contributed by atoms with E-state index in [-0.39, 0.29) is 11.2 Å². The predicted molar refractivity (Wildman–Crippen MR) is 134 cm³/mol. The van der Waals surface area contributed by atoms with Crippen molar-refractivity contribution in [2.75, 3.05) is 0 Å². The van der Waals surface area contributed by atoms with Crippen molar-refractivity contribution in [1.82, 2.24) is 0 Å². The average Bonchev–Trinajstić information content (AvgIpc) is 2.84. The van der Waals surface area contributed by atoms with E-state index >= 15 is 4.39 Å². The highest BCUT2D eigenvalue weighted by Crippen LogP contribution is 2.36. The molecule has 0 aromatic heterocycles. The summed E-state index contributed by atoms with van der Waals surface area (Å²) in [5, 5.41) is 0.353. The lowest BCUT2D eigenvalue weighted by atomic mass is 9.78. The molecule has 0 N–H and O–H groups in total. The van der Waals surface area contributed by atoms with Crippen LogP contribution >= 0.6 is 0 Å². The van der Waals surface area contributed by atoms with Gasteiger partial charge in [0.2, 0.25) is 0 Å². The van der Waals surface area contributed by atoms with Gasteiger partial charge in [0.1, 0.15) is 5.82 Å². The van der Waals surface area contributed by atoms with Crippen LogP contribution in [-0.2, 0) is 6.42 Å². The third kappa shape index (κ3) is 6.77. The Kier molecular flexibility index (Phi) is 8.53. The molecule has 0 saturated heterocycles. The first-order chi connectivity index (χ1) is 17.2. The summed E-state index contributed by atoms with van der Waals surface area (Å²) in [5.74, 6) is -0.755. The molecule has 1 aliphatic carbocycles. The van der Waals surface area contributed by atoms with Crippen LogP contribution in [0.2, 0.25) is 0 Å². The van der Waals surface area contributed by atoms with E-state index in [0.717, 1.165) is 30.4 Å². The highest BCUT2D eigenvalue weighted by molar-refractivity contribution is 5.89. The van der Waals surface area contributed by atoms with Crippen LogP contribution in [0, 0.1) is 23.5 Å². The zero-order chi connectivity index (χ0) is 25.7. The molecule has 0 bridgehead atoms. The lowest BCUT2D eigenvalue weighted by Gasteiger charge is -2.28. The highest BCUT2D eigenvalue weighted by atomic mass is 19.4. The van der Waals surface area contributed by atoms with E-state index in [1.165, 1.54) is 69.6 Å². The molecule has 0 unspecified atom stereocenters. The van der Waals surface area contributed by atoms with Gasteiger partial charge in [0.25, 0.3) is 0 Å². The van der Waals surface area contributed by atoms with Gasteiger partial charge in [0, 0.05) is 10.9 Å². The Morgan fingerprint density at radius 3 is 2.22 bits per heavy atom. The van der Waals surface area contributed by atoms with E-state index in [1.807, 2.05) is 6.07 Å². The number of unbranched alkanes of at least 4 members (excludes halogenated alkanes) is 2. The van der Waals surface area contributed by atoms with Gasteiger partial charge in [-0.15, -0.1) is 13.2 Å². The first-order valence-electron chi connectivity index (χ1n) is 13.0. The van der Waals surface area contributed by atoms with Crippen LogP contribution in [0.5, 0.6) is 5.75 Å². The molecule has 0 aliphatic heterocycles. The fourth-order valence-corrected chi connectivity index (χ4v) is 5.45. The zero-order valence-corrected chi connectivity index (χ0v) is 20.6. The van der Waals surface area contributed by atoms with Gasteiger partial charge in [-0.2, -0.15) is 0 Å². The van der Waals surface area contributed by atoms with Gasteiger partial charge in [-0.05, 0) is 59.4 Å². The molecule has 1 nitrogen and oxygen atoms in total. The second kappa shape index (κ2) is 11.6. The summed E-state index contributed by atoms with van der Waals surface area (Å²) in [5.41, 5.74) is 1.88. The minimum atomic E-state index is -4.98. The number of halogens is 5. The molecule has 1 saturated carbocycles. The molecule has 0 spiro atoms. The largest absolute Gasteiger partial charge is 0.573 e. The van der Waals surface area contributed by atoms with Gasteiger partial charge >= 0.3 is 6.36 Å². The first kappa shape index (κ1) is 26.4. The summed E-state index contributed by atoms with van der Waals surface area (Å²) in [7, 11) is 0. The van der Waals surface area contributed by atoms with E-state index in [2.05, 4.69) is 11.7 Å². The number of aryl methyl sites for hydroxylation is 1. The second-order valence-electron chi connectivity index (χ2n) is 10.1. The van der Waals surface area contributed by atoms with Crippen LogP contribution in [0.25, 0.3) is 21.9 Å². The second-order valence-corrected chi connectivity index (χ2v) is 10.1. The molecule has 6 heteroatoms. The van der Waals surface area contributed by atoms with Crippen LogP contribution in [0.4, 0.5) is 22.0 Å². The molecule has 4 rings (SSSR count). The average molecular weight is 505 g/mol. The molecule has 194 valence electrons. The maximum atomic E-state index is 15.0. The van der Waals surface area contributed by atoms with Crippen molar-refractivity contribution in [3.05, 3.63) is 65.7 Å². The fourth-order valence-electron chi connectivity index (χ4n) is 5.45. The smallest absolute Gasteiger partial charge is 0.403 e. The summed E-state index contributed by atoms with van der Waals surface area (Å²) in [6.45, 7) is 2.24. The Morgan fingerprint density at radius 1 is 0.833 bits per heavy atom. The van der Waals surface area contributed by atoms with Crippen molar-refractivity contribution in [1.29, 1.82) is 0 Å². The van der Waals surface area contributed by atoms with Gasteiger partial charge in [-0.25, -0.2) is 8.78 Å². The van der Waals surface area contributed by atoms with Gasteiger partial charge in [0.05, 0.1) is 0 Å². The van der Waals surface area contributed by atoms with Crippen molar-refractivity contribution in [3.63, 3.8) is 0 Å². The summed E-state index contributed by atoms with van der Waals surface area (Å²) in [6, 6.07) is 12.0. The molecule has 0 atom stereocenters. The van der Waals surface area contributed by atoms with E-state index < -0.39 is 17.9 Å². The molecule has 0 heterocycles. The SMILES string of the molecule is CCCCC[C@H]1CC[C@H](CCc2ccc(-c3ccc4c(F)c(OC(F)(F)F)ccc4c3)c(F)c2)CC1. The van der Waals surface area contributed by atoms with Gasteiger partial charge in [0.15, 0.2) is 11.6 Å². The number of rotatable bonds is 9. The quantitative estimate of drug-likeness (QED) is 0.208. The summed E-state index contributed by atoms with van der Waals surface area (Å²) in [4.78, 5) is 0. The van der Waals surface area contributed by atoms with Crippen LogP contribution in [-0.4, -0.2) is 6.36 Å². The highest BCUT2D eigenvalue weighted by Gasteiger charge is 2.32. The van der Waals surface area contributed by atoms with Crippen molar-refractivity contribution >= 4 is 10.8 Å². The Bertz CT molecular complexity index is 1160. The van der Waals surface area contributed by atoms with Gasteiger partial charge in [-0.3, -0.25) is 0 Å². The minimum Gasteiger partial charge on any atom is -0.403 e. The van der Waals surface area contributed by atoms with Crippen LogP contribution in [0.1, 0.15) is 70.3 Å². The monoisotopic (exact) mass is 504 g/mol. The van der Waals surface area contributed by atoms with Crippen molar-refractivity contribution in [2.24, 2.45) is 11.8 Å². The summed E-state index contributed by atoms with van der Waals surface area (Å²) in [6.07, 6.45) is 7.39. The van der Waals surface area contributed by atoms with Crippen LogP contribution in [0.15, 0.2) is 48.5 Å². The zero-order valence-electron chi connectivity index (χ0n) is 20.6. The summed E-state index contributed by atoms with van der Waals surface area (Å²) >= 11 is 0. The van der Waals surface area contributed by atoms with Crippen LogP contribution in [0.3, 0.4) is 0 Å². The first-order valence-corrected chi connectivity index (χ1v) is 13.0. The Balaban J connectivity index is 1.38. The lowest BCUT2D eigenvalue weighted by molar-refractivity contribution is -0.275. The van der Waals surface area contributed by atoms with E-state index in [4.69, 9.17) is 0 Å². The number of hydrogen-bond donors (Lipinski definition) is 0. The Labute approximate surface area is 209 Å². The number of alkyl halides is 3. The van der Waals surface area contributed by atoms with Crippen molar-refractivity contribution in [3.8, 4) is 16.9 Å². The normalized spacial score (nSPS) is 18.5. The van der Waals surface area contributed by atoms with Crippen molar-refractivity contribution < 1.29 is 26.7 Å². The Morgan fingerprint density at radius 2 is 1.56 bits per heavy atom. The standard InChI is InChI=1S/C30H33F5O/c1-2-3-4-5-20-6-8-21(9-7-20)10-11-22-12-15-25(27(31)18-22)23-13-16-26-24(19-23)14-17-28(29(26)32)36-30(33,34)35/h12-21H,2-11H2,1H3/t20-,21-. The molecular weight excluding hydrogens is 471 g/mol. The maximum absolute atomic E-state index is 15.0. The molecule has 0 radical (unpaired) electrons. The van der Waals surface area contributed by atoms with Crippen LogP contribution < -0.4 is 4.74 Å². The molecule has 3 aromatic rings. The van der Waals surface area contributed by atoms with E-state index in [0.29, 0.717) is 22.4 Å². The van der Waals surface area contributed by atoms with E-state index in [9.17, 15) is 17.6 Å². The van der Waals surface area contributed by atoms with Gasteiger partial charge in [-0.1, -0.05) is 88.6 Å². The molecule has 36 heavy (non-hydrogen) atoms. The van der Waals surface area contributed by atoms with Gasteiger partial charge < -0.3 is 4.74 Å². The summed E-state index contributed by atoms with van der Waals surface area (Å²) < 4.78 is 70.7. The maximum Gasteiger partial charge on any atom is 0.573 e. The van der Waals surface area contributed by atoms with Crippen molar-refractivity contribution in [2.45, 2.75) is 77.5 Å². The third-order valence-electron chi connectivity index (χ3n) is 7.51. The Hall–Kier alpha value is -2.63. The number of hydrogen-bond acceptors (Lipinski definition) is 1. The molecule has 1 fully saturated rings. The minimum absolute atomic E-state index is 0.0161. The lowest BCUT2D eigenvalue weighted by Crippen LogP contribution is -2.17. The molecule has 0 amide bonds.